The third kappa shape index (κ3) is 3.48. The van der Waals surface area contributed by atoms with Gasteiger partial charge in [-0.1, -0.05) is 36.4 Å². The first-order chi connectivity index (χ1) is 14.6. The highest BCUT2D eigenvalue weighted by Crippen LogP contribution is 2.38. The van der Waals surface area contributed by atoms with Gasteiger partial charge in [0.25, 0.3) is 5.91 Å². The topological polar surface area (TPSA) is 67.9 Å². The van der Waals surface area contributed by atoms with E-state index >= 15 is 0 Å². The van der Waals surface area contributed by atoms with E-state index in [9.17, 15) is 9.59 Å². The molecule has 6 heteroatoms. The molecule has 1 unspecified atom stereocenters. The summed E-state index contributed by atoms with van der Waals surface area (Å²) in [5, 5.41) is 2.96. The van der Waals surface area contributed by atoms with Crippen LogP contribution in [0.5, 0.6) is 11.5 Å². The number of benzene rings is 3. The van der Waals surface area contributed by atoms with Gasteiger partial charge in [0, 0.05) is 23.4 Å². The second-order valence-corrected chi connectivity index (χ2v) is 6.89. The van der Waals surface area contributed by atoms with E-state index in [4.69, 9.17) is 9.47 Å². The van der Waals surface area contributed by atoms with Crippen molar-refractivity contribution in [3.63, 3.8) is 0 Å². The molecule has 0 bridgehead atoms. The third-order valence-corrected chi connectivity index (χ3v) is 5.21. The number of carbonyl (C=O) groups excluding carboxylic acids is 2. The number of nitrogens with one attached hydrogen (secondary N) is 1. The monoisotopic (exact) mass is 402 g/mol. The van der Waals surface area contributed by atoms with Crippen LogP contribution in [-0.4, -0.2) is 26.0 Å². The Morgan fingerprint density at radius 2 is 1.63 bits per heavy atom. The van der Waals surface area contributed by atoms with Gasteiger partial charge in [0.15, 0.2) is 0 Å². The van der Waals surface area contributed by atoms with Gasteiger partial charge in [-0.2, -0.15) is 0 Å². The molecule has 1 N–H and O–H groups in total. The fraction of sp³-hybridized carbons (Fsp3) is 0.167. The average molecular weight is 402 g/mol. The third-order valence-electron chi connectivity index (χ3n) is 5.21. The molecule has 0 aromatic heterocycles. The Hall–Kier alpha value is -3.80. The molecule has 1 heterocycles. The molecule has 0 fully saturated rings. The number of fused-ring (bicyclic) bond motifs is 1. The number of rotatable bonds is 6. The normalized spacial score (nSPS) is 14.9. The van der Waals surface area contributed by atoms with Gasteiger partial charge in [0.1, 0.15) is 17.5 Å². The molecule has 2 amide bonds. The molecule has 1 atom stereocenters. The van der Waals surface area contributed by atoms with E-state index in [2.05, 4.69) is 5.32 Å². The Labute approximate surface area is 175 Å². The number of hydrogen-bond acceptors (Lipinski definition) is 4. The van der Waals surface area contributed by atoms with E-state index in [1.54, 1.807) is 50.6 Å². The summed E-state index contributed by atoms with van der Waals surface area (Å²) in [5.41, 5.74) is 2.72. The smallest absolute Gasteiger partial charge is 0.259 e. The first-order valence-corrected chi connectivity index (χ1v) is 9.60. The van der Waals surface area contributed by atoms with E-state index < -0.39 is 6.04 Å². The molecule has 0 spiro atoms. The van der Waals surface area contributed by atoms with Crippen LogP contribution < -0.4 is 19.7 Å². The average Bonchev–Trinajstić information content (AvgIpc) is 3.10. The van der Waals surface area contributed by atoms with Crippen molar-refractivity contribution in [1.29, 1.82) is 0 Å². The van der Waals surface area contributed by atoms with Crippen LogP contribution in [0.15, 0.2) is 72.8 Å². The quantitative estimate of drug-likeness (QED) is 0.682. The van der Waals surface area contributed by atoms with Gasteiger partial charge in [0.2, 0.25) is 5.91 Å². The number of methoxy groups -OCH3 is 2. The largest absolute Gasteiger partial charge is 0.497 e. The Balaban J connectivity index is 1.65. The van der Waals surface area contributed by atoms with Gasteiger partial charge >= 0.3 is 0 Å². The number of carbonyl (C=O) groups is 2. The second kappa shape index (κ2) is 8.29. The fourth-order valence-electron chi connectivity index (χ4n) is 3.71. The van der Waals surface area contributed by atoms with Crippen LogP contribution in [0.1, 0.15) is 27.5 Å². The Morgan fingerprint density at radius 1 is 0.933 bits per heavy atom. The molecule has 152 valence electrons. The summed E-state index contributed by atoms with van der Waals surface area (Å²) < 4.78 is 10.6. The molecule has 30 heavy (non-hydrogen) atoms. The number of amides is 2. The van der Waals surface area contributed by atoms with Crippen LogP contribution in [0, 0.1) is 0 Å². The van der Waals surface area contributed by atoms with Crippen molar-refractivity contribution in [2.75, 3.05) is 19.1 Å². The molecule has 6 nitrogen and oxygen atoms in total. The van der Waals surface area contributed by atoms with Crippen molar-refractivity contribution in [2.24, 2.45) is 0 Å². The van der Waals surface area contributed by atoms with Gasteiger partial charge in [-0.3, -0.25) is 14.5 Å². The Bertz CT molecular complexity index is 1080. The van der Waals surface area contributed by atoms with E-state index in [-0.39, 0.29) is 11.8 Å². The van der Waals surface area contributed by atoms with Crippen LogP contribution >= 0.6 is 0 Å². The lowest BCUT2D eigenvalue weighted by molar-refractivity contribution is -0.122. The van der Waals surface area contributed by atoms with Gasteiger partial charge in [-0.15, -0.1) is 0 Å². The number of para-hydroxylation sites is 1. The second-order valence-electron chi connectivity index (χ2n) is 6.89. The van der Waals surface area contributed by atoms with E-state index in [0.29, 0.717) is 34.9 Å². The lowest BCUT2D eigenvalue weighted by Gasteiger charge is -2.25. The summed E-state index contributed by atoms with van der Waals surface area (Å²) >= 11 is 0. The molecule has 0 radical (unpaired) electrons. The lowest BCUT2D eigenvalue weighted by atomic mass is 10.0. The van der Waals surface area contributed by atoms with E-state index in [0.717, 1.165) is 5.56 Å². The highest BCUT2D eigenvalue weighted by molar-refractivity contribution is 6.15. The molecule has 1 aliphatic heterocycles. The van der Waals surface area contributed by atoms with Crippen molar-refractivity contribution >= 4 is 17.5 Å². The minimum atomic E-state index is -0.753. The fourth-order valence-corrected chi connectivity index (χ4v) is 3.71. The van der Waals surface area contributed by atoms with Crippen molar-refractivity contribution < 1.29 is 19.1 Å². The SMILES string of the molecule is COc1ccc(N2C(=O)c3ccccc3C2C(=O)NCc2ccccc2OC)cc1. The number of hydrogen-bond donors (Lipinski definition) is 1. The Kier molecular flexibility index (Phi) is 5.39. The minimum absolute atomic E-state index is 0.201. The molecular weight excluding hydrogens is 380 g/mol. The van der Waals surface area contributed by atoms with Crippen LogP contribution in [0.25, 0.3) is 0 Å². The van der Waals surface area contributed by atoms with E-state index in [1.807, 2.05) is 36.4 Å². The maximum Gasteiger partial charge on any atom is 0.259 e. The number of nitrogens with zero attached hydrogens (tertiary/aromatic N) is 1. The number of anilines is 1. The highest BCUT2D eigenvalue weighted by atomic mass is 16.5. The molecule has 0 aliphatic carbocycles. The molecule has 4 rings (SSSR count). The summed E-state index contributed by atoms with van der Waals surface area (Å²) in [5.74, 6) is 0.927. The lowest BCUT2D eigenvalue weighted by Crippen LogP contribution is -2.39. The summed E-state index contributed by atoms with van der Waals surface area (Å²) in [6.45, 7) is 0.298. The summed E-state index contributed by atoms with van der Waals surface area (Å²) in [7, 11) is 3.18. The minimum Gasteiger partial charge on any atom is -0.497 e. The zero-order chi connectivity index (χ0) is 21.1. The molecule has 3 aromatic rings. The molecule has 0 saturated heterocycles. The molecule has 3 aromatic carbocycles. The van der Waals surface area contributed by atoms with Crippen molar-refractivity contribution in [1.82, 2.24) is 5.32 Å². The van der Waals surface area contributed by atoms with Crippen LogP contribution in [0.4, 0.5) is 5.69 Å². The summed E-state index contributed by atoms with van der Waals surface area (Å²) in [4.78, 5) is 27.9. The van der Waals surface area contributed by atoms with Crippen LogP contribution in [0.3, 0.4) is 0 Å². The van der Waals surface area contributed by atoms with Gasteiger partial charge in [-0.05, 0) is 42.0 Å². The van der Waals surface area contributed by atoms with Gasteiger partial charge < -0.3 is 14.8 Å². The predicted octanol–water partition coefficient (Wildman–Crippen LogP) is 3.72. The van der Waals surface area contributed by atoms with Crippen molar-refractivity contribution in [3.05, 3.63) is 89.5 Å². The standard InChI is InChI=1S/C24H22N2O4/c1-29-18-13-11-17(12-14-18)26-22(19-8-4-5-9-20(19)24(26)28)23(27)25-15-16-7-3-6-10-21(16)30-2/h3-14,22H,15H2,1-2H3,(H,25,27). The maximum absolute atomic E-state index is 13.3. The maximum atomic E-state index is 13.3. The molecule has 0 saturated carbocycles. The van der Waals surface area contributed by atoms with Crippen molar-refractivity contribution in [2.45, 2.75) is 12.6 Å². The molecular formula is C24H22N2O4. The van der Waals surface area contributed by atoms with E-state index in [1.165, 1.54) is 4.90 Å². The molecule has 1 aliphatic rings. The number of ether oxygens (including phenoxy) is 2. The van der Waals surface area contributed by atoms with Crippen LogP contribution in [-0.2, 0) is 11.3 Å². The van der Waals surface area contributed by atoms with Gasteiger partial charge in [-0.25, -0.2) is 0 Å². The Morgan fingerprint density at radius 3 is 2.37 bits per heavy atom. The zero-order valence-electron chi connectivity index (χ0n) is 16.8. The zero-order valence-corrected chi connectivity index (χ0v) is 16.8. The first-order valence-electron chi connectivity index (χ1n) is 9.60. The highest BCUT2D eigenvalue weighted by Gasteiger charge is 2.41. The first kappa shape index (κ1) is 19.5. The predicted molar refractivity (Wildman–Crippen MR) is 114 cm³/mol. The van der Waals surface area contributed by atoms with Crippen LogP contribution in [0.2, 0.25) is 0 Å². The van der Waals surface area contributed by atoms with Crippen molar-refractivity contribution in [3.8, 4) is 11.5 Å². The summed E-state index contributed by atoms with van der Waals surface area (Å²) in [6.07, 6.45) is 0. The summed E-state index contributed by atoms with van der Waals surface area (Å²) in [6, 6.07) is 21.1. The van der Waals surface area contributed by atoms with Gasteiger partial charge in [0.05, 0.1) is 14.2 Å².